The number of rotatable bonds is 3. The van der Waals surface area contributed by atoms with Crippen molar-refractivity contribution in [3.05, 3.63) is 0 Å². The molecule has 15 heavy (non-hydrogen) atoms. The minimum atomic E-state index is 0.209. The molecule has 1 aliphatic rings. The molecule has 0 aromatic carbocycles. The van der Waals surface area contributed by atoms with Crippen LogP contribution in [0.15, 0.2) is 0 Å². The maximum Gasteiger partial charge on any atom is 0.0660 e. The van der Waals surface area contributed by atoms with Gasteiger partial charge in [0.1, 0.15) is 0 Å². The normalized spacial score (nSPS) is 25.9. The first-order valence-corrected chi connectivity index (χ1v) is 6.09. The second kappa shape index (κ2) is 6.15. The quantitative estimate of drug-likeness (QED) is 0.712. The average Bonchev–Trinajstić information content (AvgIpc) is 2.43. The maximum atomic E-state index is 5.38. The fourth-order valence-electron chi connectivity index (χ4n) is 2.20. The third kappa shape index (κ3) is 4.24. The Balaban J connectivity index is 2.36. The average molecular weight is 208 g/mol. The van der Waals surface area contributed by atoms with Gasteiger partial charge in [0.25, 0.3) is 0 Å². The Labute approximate surface area is 94.4 Å². The third-order valence-corrected chi connectivity index (χ3v) is 3.23. The summed E-state index contributed by atoms with van der Waals surface area (Å²) in [5, 5.41) is 3.51. The lowest BCUT2D eigenvalue weighted by Gasteiger charge is -2.24. The minimum absolute atomic E-state index is 0.209. The van der Waals surface area contributed by atoms with Crippen LogP contribution in [-0.2, 0) is 0 Å². The van der Waals surface area contributed by atoms with Crippen LogP contribution in [0.3, 0.4) is 0 Å². The second-order valence-corrected chi connectivity index (χ2v) is 4.81. The van der Waals surface area contributed by atoms with Gasteiger partial charge in [0.05, 0.1) is 6.04 Å². The van der Waals surface area contributed by atoms with Crippen molar-refractivity contribution in [1.82, 2.24) is 10.2 Å². The predicted molar refractivity (Wildman–Crippen MR) is 65.8 cm³/mol. The summed E-state index contributed by atoms with van der Waals surface area (Å²) in [6.45, 7) is 9.05. The first-order valence-electron chi connectivity index (χ1n) is 6.09. The van der Waals surface area contributed by atoms with Crippen LogP contribution in [0.1, 0.15) is 40.0 Å². The van der Waals surface area contributed by atoms with Crippen molar-refractivity contribution in [1.29, 1.82) is 0 Å². The highest BCUT2D eigenvalue weighted by molar-refractivity contribution is 4.97. The lowest BCUT2D eigenvalue weighted by molar-refractivity contribution is 0.229. The number of terminal acetylenes is 1. The SMILES string of the molecule is C#CC(C)NC1CCCN(C(C)C)CC1. The van der Waals surface area contributed by atoms with Crippen LogP contribution in [0, 0.1) is 12.3 Å². The molecular formula is C13H24N2. The van der Waals surface area contributed by atoms with Crippen LogP contribution in [0.2, 0.25) is 0 Å². The van der Waals surface area contributed by atoms with Gasteiger partial charge in [-0.3, -0.25) is 0 Å². The molecule has 0 spiro atoms. The molecule has 0 aromatic heterocycles. The van der Waals surface area contributed by atoms with E-state index in [1.165, 1.54) is 32.4 Å². The van der Waals surface area contributed by atoms with Gasteiger partial charge in [-0.2, -0.15) is 0 Å². The molecule has 2 atom stereocenters. The zero-order valence-electron chi connectivity index (χ0n) is 10.3. The molecule has 0 aliphatic carbocycles. The van der Waals surface area contributed by atoms with Crippen LogP contribution in [-0.4, -0.2) is 36.1 Å². The molecule has 2 unspecified atom stereocenters. The van der Waals surface area contributed by atoms with Gasteiger partial charge in [-0.15, -0.1) is 6.42 Å². The monoisotopic (exact) mass is 208 g/mol. The molecule has 1 N–H and O–H groups in total. The van der Waals surface area contributed by atoms with Crippen molar-refractivity contribution < 1.29 is 0 Å². The van der Waals surface area contributed by atoms with Gasteiger partial charge in [0.15, 0.2) is 0 Å². The maximum absolute atomic E-state index is 5.38. The minimum Gasteiger partial charge on any atom is -0.301 e. The number of hydrogen-bond donors (Lipinski definition) is 1. The second-order valence-electron chi connectivity index (χ2n) is 4.81. The number of nitrogens with zero attached hydrogens (tertiary/aromatic N) is 1. The Morgan fingerprint density at radius 3 is 2.60 bits per heavy atom. The summed E-state index contributed by atoms with van der Waals surface area (Å²) < 4.78 is 0. The summed E-state index contributed by atoms with van der Waals surface area (Å²) in [5.41, 5.74) is 0. The number of likely N-dealkylation sites (tertiary alicyclic amines) is 1. The Morgan fingerprint density at radius 2 is 2.00 bits per heavy atom. The largest absolute Gasteiger partial charge is 0.301 e. The topological polar surface area (TPSA) is 15.3 Å². The van der Waals surface area contributed by atoms with Crippen molar-refractivity contribution in [3.8, 4) is 12.3 Å². The summed E-state index contributed by atoms with van der Waals surface area (Å²) in [6.07, 6.45) is 9.15. The highest BCUT2D eigenvalue weighted by atomic mass is 15.1. The van der Waals surface area contributed by atoms with Gasteiger partial charge in [0.2, 0.25) is 0 Å². The Hall–Kier alpha value is -0.520. The number of nitrogens with one attached hydrogen (secondary N) is 1. The van der Waals surface area contributed by atoms with E-state index in [9.17, 15) is 0 Å². The van der Waals surface area contributed by atoms with Gasteiger partial charge >= 0.3 is 0 Å². The molecule has 0 bridgehead atoms. The fourth-order valence-corrected chi connectivity index (χ4v) is 2.20. The van der Waals surface area contributed by atoms with Crippen molar-refractivity contribution in [3.63, 3.8) is 0 Å². The van der Waals surface area contributed by atoms with Crippen molar-refractivity contribution in [2.24, 2.45) is 0 Å². The van der Waals surface area contributed by atoms with E-state index < -0.39 is 0 Å². The lowest BCUT2D eigenvalue weighted by atomic mass is 10.1. The molecule has 1 aliphatic heterocycles. The fraction of sp³-hybridized carbons (Fsp3) is 0.846. The summed E-state index contributed by atoms with van der Waals surface area (Å²) in [6, 6.07) is 1.49. The Kier molecular flexibility index (Phi) is 5.14. The van der Waals surface area contributed by atoms with E-state index in [0.717, 1.165) is 0 Å². The third-order valence-electron chi connectivity index (χ3n) is 3.23. The van der Waals surface area contributed by atoms with E-state index in [-0.39, 0.29) is 6.04 Å². The summed E-state index contributed by atoms with van der Waals surface area (Å²) in [4.78, 5) is 2.56. The standard InChI is InChI=1S/C13H24N2/c1-5-12(4)14-13-7-6-9-15(10-8-13)11(2)3/h1,11-14H,6-10H2,2-4H3. The van der Waals surface area contributed by atoms with Gasteiger partial charge in [-0.25, -0.2) is 0 Å². The van der Waals surface area contributed by atoms with Gasteiger partial charge in [0, 0.05) is 12.1 Å². The van der Waals surface area contributed by atoms with Crippen molar-refractivity contribution >= 4 is 0 Å². The molecule has 0 radical (unpaired) electrons. The molecule has 1 saturated heterocycles. The summed E-state index contributed by atoms with van der Waals surface area (Å²) in [5.74, 6) is 2.74. The first-order chi connectivity index (χ1) is 7.13. The van der Waals surface area contributed by atoms with E-state index in [1.807, 2.05) is 0 Å². The smallest absolute Gasteiger partial charge is 0.0660 e. The van der Waals surface area contributed by atoms with Gasteiger partial charge in [-0.05, 0) is 53.1 Å². The van der Waals surface area contributed by atoms with Gasteiger partial charge in [-0.1, -0.05) is 5.92 Å². The van der Waals surface area contributed by atoms with Gasteiger partial charge < -0.3 is 10.2 Å². The first kappa shape index (κ1) is 12.5. The molecular weight excluding hydrogens is 184 g/mol. The van der Waals surface area contributed by atoms with Crippen molar-refractivity contribution in [2.45, 2.75) is 58.2 Å². The van der Waals surface area contributed by atoms with Crippen LogP contribution in [0.5, 0.6) is 0 Å². The predicted octanol–water partition coefficient (Wildman–Crippen LogP) is 1.86. The molecule has 1 heterocycles. The molecule has 86 valence electrons. The summed E-state index contributed by atoms with van der Waals surface area (Å²) >= 11 is 0. The molecule has 0 saturated carbocycles. The molecule has 0 aromatic rings. The van der Waals surface area contributed by atoms with Crippen molar-refractivity contribution in [2.75, 3.05) is 13.1 Å². The zero-order chi connectivity index (χ0) is 11.3. The van der Waals surface area contributed by atoms with E-state index >= 15 is 0 Å². The molecule has 2 nitrogen and oxygen atoms in total. The van der Waals surface area contributed by atoms with Crippen LogP contribution < -0.4 is 5.32 Å². The van der Waals surface area contributed by atoms with E-state index in [1.54, 1.807) is 0 Å². The van der Waals surface area contributed by atoms with Crippen LogP contribution in [0.4, 0.5) is 0 Å². The lowest BCUT2D eigenvalue weighted by Crippen LogP contribution is -2.37. The van der Waals surface area contributed by atoms with E-state index in [2.05, 4.69) is 36.9 Å². The molecule has 1 fully saturated rings. The Morgan fingerprint density at radius 1 is 1.27 bits per heavy atom. The zero-order valence-corrected chi connectivity index (χ0v) is 10.3. The highest BCUT2D eigenvalue weighted by Crippen LogP contribution is 2.13. The van der Waals surface area contributed by atoms with Crippen LogP contribution in [0.25, 0.3) is 0 Å². The highest BCUT2D eigenvalue weighted by Gasteiger charge is 2.18. The molecule has 0 amide bonds. The molecule has 2 heteroatoms. The number of hydrogen-bond acceptors (Lipinski definition) is 2. The van der Waals surface area contributed by atoms with E-state index in [4.69, 9.17) is 6.42 Å². The van der Waals surface area contributed by atoms with E-state index in [0.29, 0.717) is 12.1 Å². The Bertz CT molecular complexity index is 217. The molecule has 1 rings (SSSR count). The van der Waals surface area contributed by atoms with Crippen LogP contribution >= 0.6 is 0 Å². The summed E-state index contributed by atoms with van der Waals surface area (Å²) in [7, 11) is 0.